The van der Waals surface area contributed by atoms with Gasteiger partial charge in [0.15, 0.2) is 23.1 Å². The van der Waals surface area contributed by atoms with Crippen molar-refractivity contribution in [3.05, 3.63) is 28.7 Å². The SMILES string of the molecule is C[C@H]1C2CCC(CC2)[C@@H]1Nc1nc(-c2c[nH]c3ncc(Cl)nc23)nc(-c2csnn2)c1F. The third-order valence-electron chi connectivity index (χ3n) is 6.98. The summed E-state index contributed by atoms with van der Waals surface area (Å²) in [5, 5.41) is 9.43. The number of rotatable bonds is 4. The number of anilines is 1. The topological polar surface area (TPSA) is 105 Å². The summed E-state index contributed by atoms with van der Waals surface area (Å²) in [6.45, 7) is 2.26. The van der Waals surface area contributed by atoms with E-state index in [-0.39, 0.29) is 22.7 Å². The van der Waals surface area contributed by atoms with Crippen LogP contribution in [0.25, 0.3) is 33.9 Å². The third-order valence-corrected chi connectivity index (χ3v) is 7.67. The molecule has 4 aromatic heterocycles. The molecule has 7 rings (SSSR count). The van der Waals surface area contributed by atoms with E-state index in [9.17, 15) is 0 Å². The highest BCUT2D eigenvalue weighted by atomic mass is 35.5. The van der Waals surface area contributed by atoms with Gasteiger partial charge in [0.25, 0.3) is 0 Å². The number of hydrogen-bond donors (Lipinski definition) is 2. The molecule has 3 fully saturated rings. The van der Waals surface area contributed by atoms with Crippen LogP contribution in [0.15, 0.2) is 17.8 Å². The summed E-state index contributed by atoms with van der Waals surface area (Å²) in [5.74, 6) is 1.66. The first-order valence-electron chi connectivity index (χ1n) is 10.7. The van der Waals surface area contributed by atoms with Gasteiger partial charge in [-0.1, -0.05) is 23.0 Å². The molecule has 3 aliphatic carbocycles. The van der Waals surface area contributed by atoms with Gasteiger partial charge >= 0.3 is 0 Å². The first-order valence-corrected chi connectivity index (χ1v) is 11.9. The molecule has 0 unspecified atom stereocenters. The fraction of sp³-hybridized carbons (Fsp3) is 0.429. The lowest BCUT2D eigenvalue weighted by Crippen LogP contribution is -2.47. The number of halogens is 2. The van der Waals surface area contributed by atoms with E-state index >= 15 is 4.39 Å². The average molecular weight is 471 g/mol. The Bertz CT molecular complexity index is 1280. The van der Waals surface area contributed by atoms with Crippen molar-refractivity contribution in [1.82, 2.24) is 34.5 Å². The smallest absolute Gasteiger partial charge is 0.193 e. The number of fused-ring (bicyclic) bond motifs is 4. The normalized spacial score (nSPS) is 24.8. The van der Waals surface area contributed by atoms with Crippen LogP contribution in [0.5, 0.6) is 0 Å². The van der Waals surface area contributed by atoms with Crippen LogP contribution in [-0.2, 0) is 0 Å². The molecule has 8 nitrogen and oxygen atoms in total. The second-order valence-electron chi connectivity index (χ2n) is 8.64. The van der Waals surface area contributed by atoms with Gasteiger partial charge in [-0.15, -0.1) is 5.10 Å². The van der Waals surface area contributed by atoms with Crippen LogP contribution in [0.1, 0.15) is 32.6 Å². The molecule has 0 spiro atoms. The highest BCUT2D eigenvalue weighted by Crippen LogP contribution is 2.46. The third kappa shape index (κ3) is 3.24. The Morgan fingerprint density at radius 3 is 2.72 bits per heavy atom. The summed E-state index contributed by atoms with van der Waals surface area (Å²) in [7, 11) is 0. The maximum absolute atomic E-state index is 15.7. The number of nitrogens with zero attached hydrogens (tertiary/aromatic N) is 6. The van der Waals surface area contributed by atoms with E-state index in [0.29, 0.717) is 46.0 Å². The lowest BCUT2D eigenvalue weighted by atomic mass is 9.62. The number of aromatic amines is 1. The van der Waals surface area contributed by atoms with E-state index in [1.807, 2.05) is 0 Å². The Labute approximate surface area is 192 Å². The van der Waals surface area contributed by atoms with Gasteiger partial charge < -0.3 is 10.3 Å². The molecule has 2 atom stereocenters. The molecular weight excluding hydrogens is 451 g/mol. The molecule has 164 valence electrons. The summed E-state index contributed by atoms with van der Waals surface area (Å²) in [6, 6.07) is 0.179. The number of nitrogens with one attached hydrogen (secondary N) is 2. The summed E-state index contributed by atoms with van der Waals surface area (Å²) < 4.78 is 19.5. The molecule has 0 radical (unpaired) electrons. The quantitative estimate of drug-likeness (QED) is 0.434. The predicted octanol–water partition coefficient (Wildman–Crippen LogP) is 4.96. The molecule has 0 saturated heterocycles. The molecule has 0 aliphatic heterocycles. The summed E-state index contributed by atoms with van der Waals surface area (Å²) >= 11 is 7.22. The fourth-order valence-corrected chi connectivity index (χ4v) is 5.87. The van der Waals surface area contributed by atoms with Crippen LogP contribution >= 0.6 is 23.1 Å². The van der Waals surface area contributed by atoms with Crippen molar-refractivity contribution in [1.29, 1.82) is 0 Å². The number of aromatic nitrogens is 7. The van der Waals surface area contributed by atoms with E-state index in [0.717, 1.165) is 11.5 Å². The lowest BCUT2D eigenvalue weighted by Gasteiger charge is -2.47. The Balaban J connectivity index is 1.48. The van der Waals surface area contributed by atoms with Crippen molar-refractivity contribution < 1.29 is 4.39 Å². The van der Waals surface area contributed by atoms with Crippen LogP contribution in [0.3, 0.4) is 0 Å². The van der Waals surface area contributed by atoms with Crippen LogP contribution in [0.2, 0.25) is 5.15 Å². The Kier molecular flexibility index (Phi) is 4.80. The molecule has 11 heteroatoms. The summed E-state index contributed by atoms with van der Waals surface area (Å²) in [4.78, 5) is 20.8. The van der Waals surface area contributed by atoms with E-state index in [1.54, 1.807) is 11.6 Å². The molecule has 2 bridgehead atoms. The molecule has 3 aliphatic rings. The second-order valence-corrected chi connectivity index (χ2v) is 9.64. The Morgan fingerprint density at radius 2 is 1.97 bits per heavy atom. The minimum atomic E-state index is -0.515. The second kappa shape index (κ2) is 7.70. The summed E-state index contributed by atoms with van der Waals surface area (Å²) in [6.07, 6.45) is 8.04. The van der Waals surface area contributed by atoms with Crippen molar-refractivity contribution in [2.24, 2.45) is 17.8 Å². The van der Waals surface area contributed by atoms with Gasteiger partial charge in [0.05, 0.1) is 11.8 Å². The lowest BCUT2D eigenvalue weighted by molar-refractivity contribution is 0.0926. The van der Waals surface area contributed by atoms with Crippen LogP contribution in [-0.4, -0.2) is 40.5 Å². The predicted molar refractivity (Wildman–Crippen MR) is 121 cm³/mol. The van der Waals surface area contributed by atoms with E-state index < -0.39 is 5.82 Å². The molecule has 4 aromatic rings. The van der Waals surface area contributed by atoms with Crippen molar-refractivity contribution >= 4 is 40.1 Å². The fourth-order valence-electron chi connectivity index (χ4n) is 5.30. The Morgan fingerprint density at radius 1 is 1.16 bits per heavy atom. The van der Waals surface area contributed by atoms with Gasteiger partial charge in [0.1, 0.15) is 22.1 Å². The largest absolute Gasteiger partial charge is 0.364 e. The van der Waals surface area contributed by atoms with Gasteiger partial charge in [-0.05, 0) is 55.0 Å². The van der Waals surface area contributed by atoms with Crippen molar-refractivity contribution in [3.8, 4) is 22.8 Å². The van der Waals surface area contributed by atoms with Gasteiger partial charge in [0.2, 0.25) is 0 Å². The minimum absolute atomic E-state index is 0.115. The standard InChI is InChI=1S/C21H20ClFN8S/c1-9-10-2-4-11(5-3-10)16(9)27-20-15(23)18(13-8-32-31-30-13)28-19(29-20)12-6-24-21-17(12)26-14(22)7-25-21/h6-11,16H,2-5H2,1H3,(H,24,25)(H,27,28,29)/t9-,10?,11?,16+/m0/s1. The molecule has 3 saturated carbocycles. The molecule has 2 N–H and O–H groups in total. The summed E-state index contributed by atoms with van der Waals surface area (Å²) in [5.41, 5.74) is 2.18. The molecule has 0 amide bonds. The maximum atomic E-state index is 15.7. The van der Waals surface area contributed by atoms with Crippen molar-refractivity contribution in [3.63, 3.8) is 0 Å². The van der Waals surface area contributed by atoms with Gasteiger partial charge in [0, 0.05) is 17.6 Å². The van der Waals surface area contributed by atoms with Crippen LogP contribution in [0, 0.1) is 23.6 Å². The molecule has 4 heterocycles. The highest BCUT2D eigenvalue weighted by molar-refractivity contribution is 7.03. The van der Waals surface area contributed by atoms with Gasteiger partial charge in [-0.3, -0.25) is 0 Å². The van der Waals surface area contributed by atoms with E-state index in [2.05, 4.69) is 46.7 Å². The average Bonchev–Trinajstić information content (AvgIpc) is 3.48. The number of hydrogen-bond acceptors (Lipinski definition) is 8. The first-order chi connectivity index (χ1) is 15.6. The van der Waals surface area contributed by atoms with Gasteiger partial charge in [-0.2, -0.15) is 0 Å². The van der Waals surface area contributed by atoms with Crippen LogP contribution in [0.4, 0.5) is 10.2 Å². The van der Waals surface area contributed by atoms with E-state index in [4.69, 9.17) is 11.6 Å². The molecular formula is C21H20ClFN8S. The Hall–Kier alpha value is -2.72. The monoisotopic (exact) mass is 470 g/mol. The molecule has 32 heavy (non-hydrogen) atoms. The number of H-pyrrole nitrogens is 1. The zero-order valence-electron chi connectivity index (χ0n) is 17.2. The molecule has 0 aromatic carbocycles. The highest BCUT2D eigenvalue weighted by Gasteiger charge is 2.41. The van der Waals surface area contributed by atoms with Crippen molar-refractivity contribution in [2.75, 3.05) is 5.32 Å². The van der Waals surface area contributed by atoms with Crippen molar-refractivity contribution in [2.45, 2.75) is 38.6 Å². The maximum Gasteiger partial charge on any atom is 0.193 e. The van der Waals surface area contributed by atoms with E-state index in [1.165, 1.54) is 31.9 Å². The zero-order chi connectivity index (χ0) is 21.8. The first kappa shape index (κ1) is 19.9. The van der Waals surface area contributed by atoms with Crippen LogP contribution < -0.4 is 5.32 Å². The minimum Gasteiger partial charge on any atom is -0.364 e. The zero-order valence-corrected chi connectivity index (χ0v) is 18.8. The van der Waals surface area contributed by atoms with Gasteiger partial charge in [-0.25, -0.2) is 24.3 Å².